The van der Waals surface area contributed by atoms with Gasteiger partial charge in [0.05, 0.1) is 6.61 Å². The van der Waals surface area contributed by atoms with Crippen molar-refractivity contribution in [2.45, 2.75) is 32.7 Å². The number of carbonyl (C=O) groups excluding carboxylic acids is 2. The maximum Gasteiger partial charge on any atom is 0.246 e. The van der Waals surface area contributed by atoms with Crippen LogP contribution in [-0.4, -0.2) is 39.8 Å². The van der Waals surface area contributed by atoms with Crippen LogP contribution < -0.4 is 10.4 Å². The molecule has 164 valence electrons. The van der Waals surface area contributed by atoms with Gasteiger partial charge in [-0.1, -0.05) is 50.2 Å². The average Bonchev–Trinajstić information content (AvgIpc) is 3.16. The van der Waals surface area contributed by atoms with Gasteiger partial charge in [-0.2, -0.15) is 0 Å². The van der Waals surface area contributed by atoms with Gasteiger partial charge >= 0.3 is 0 Å². The maximum absolute atomic E-state index is 13.2. The number of hydrogen-bond donors (Lipinski definition) is 3. The van der Waals surface area contributed by atoms with E-state index in [1.807, 2.05) is 72.3 Å². The second-order valence-corrected chi connectivity index (χ2v) is 7.61. The van der Waals surface area contributed by atoms with Crippen molar-refractivity contribution in [3.63, 3.8) is 0 Å². The molecule has 0 aliphatic rings. The van der Waals surface area contributed by atoms with E-state index in [9.17, 15) is 14.7 Å². The van der Waals surface area contributed by atoms with Crippen LogP contribution in [0.4, 0.5) is 5.69 Å². The van der Waals surface area contributed by atoms with Crippen molar-refractivity contribution in [3.8, 4) is 0 Å². The molecule has 7 nitrogen and oxygen atoms in total. The highest BCUT2D eigenvalue weighted by Gasteiger charge is 2.27. The van der Waals surface area contributed by atoms with Crippen molar-refractivity contribution in [1.29, 1.82) is 0 Å². The van der Waals surface area contributed by atoms with E-state index >= 15 is 0 Å². The highest BCUT2D eigenvalue weighted by atomic mass is 16.5. The normalized spacial score (nSPS) is 13.0. The van der Waals surface area contributed by atoms with Gasteiger partial charge in [0.25, 0.3) is 0 Å². The highest BCUT2D eigenvalue weighted by molar-refractivity contribution is 5.95. The lowest BCUT2D eigenvalue weighted by Crippen LogP contribution is -2.36. The molecule has 31 heavy (non-hydrogen) atoms. The third-order valence-corrected chi connectivity index (χ3v) is 5.78. The molecule has 0 spiro atoms. The van der Waals surface area contributed by atoms with E-state index in [1.165, 1.54) is 0 Å². The maximum atomic E-state index is 13.2. The largest absolute Gasteiger partial charge is 0.395 e. The summed E-state index contributed by atoms with van der Waals surface area (Å²) >= 11 is 0. The summed E-state index contributed by atoms with van der Waals surface area (Å²) in [6.45, 7) is 3.97. The number of aromatic nitrogens is 1. The number of benzene rings is 2. The van der Waals surface area contributed by atoms with Gasteiger partial charge < -0.3 is 14.6 Å². The number of aliphatic hydroxyl groups is 1. The van der Waals surface area contributed by atoms with Crippen molar-refractivity contribution in [2.75, 3.05) is 18.1 Å². The molecule has 1 aromatic heterocycles. The molecular formula is C24H29N3O4. The Morgan fingerprint density at radius 2 is 1.77 bits per heavy atom. The number of fused-ring (bicyclic) bond motifs is 1. The lowest BCUT2D eigenvalue weighted by atomic mass is 9.84. The third kappa shape index (κ3) is 4.78. The molecule has 3 N–H and O–H groups in total. The fourth-order valence-corrected chi connectivity index (χ4v) is 4.17. The SMILES string of the molecule is CCC(c1cn(CC(=O)N(CCO)c2ccccc2)c2ccccc12)C(C)C(=O)NO. The zero-order valence-electron chi connectivity index (χ0n) is 17.9. The minimum atomic E-state index is -0.432. The number of nitrogens with one attached hydrogen (secondary N) is 1. The van der Waals surface area contributed by atoms with Gasteiger partial charge in [-0.25, -0.2) is 5.48 Å². The Kier molecular flexibility index (Phi) is 7.44. The third-order valence-electron chi connectivity index (χ3n) is 5.78. The topological polar surface area (TPSA) is 94.8 Å². The summed E-state index contributed by atoms with van der Waals surface area (Å²) in [5.74, 6) is -1.11. The van der Waals surface area contributed by atoms with Gasteiger partial charge in [0.1, 0.15) is 6.54 Å². The second kappa shape index (κ2) is 10.2. The molecule has 2 aromatic carbocycles. The summed E-state index contributed by atoms with van der Waals surface area (Å²) in [5.41, 5.74) is 4.36. The molecule has 2 atom stereocenters. The summed E-state index contributed by atoms with van der Waals surface area (Å²) in [7, 11) is 0. The van der Waals surface area contributed by atoms with Crippen molar-refractivity contribution in [3.05, 3.63) is 66.4 Å². The Bertz CT molecular complexity index is 1030. The first kappa shape index (κ1) is 22.5. The molecule has 0 fully saturated rings. The predicted molar refractivity (Wildman–Crippen MR) is 120 cm³/mol. The van der Waals surface area contributed by atoms with E-state index in [-0.39, 0.29) is 31.5 Å². The van der Waals surface area contributed by atoms with E-state index in [2.05, 4.69) is 0 Å². The average molecular weight is 424 g/mol. The Hall–Kier alpha value is -3.16. The molecule has 2 amide bonds. The van der Waals surface area contributed by atoms with Crippen LogP contribution in [0.15, 0.2) is 60.8 Å². The molecule has 1 heterocycles. The van der Waals surface area contributed by atoms with Crippen LogP contribution in [0.25, 0.3) is 10.9 Å². The van der Waals surface area contributed by atoms with Crippen molar-refractivity contribution >= 4 is 28.4 Å². The number of rotatable bonds is 9. The van der Waals surface area contributed by atoms with Crippen LogP contribution in [0.3, 0.4) is 0 Å². The number of hydrogen-bond acceptors (Lipinski definition) is 4. The molecular weight excluding hydrogens is 394 g/mol. The number of carbonyl (C=O) groups is 2. The summed E-state index contributed by atoms with van der Waals surface area (Å²) in [5, 5.41) is 19.5. The fraction of sp³-hybridized carbons (Fsp3) is 0.333. The Morgan fingerprint density at radius 3 is 2.42 bits per heavy atom. The van der Waals surface area contributed by atoms with Gasteiger partial charge in [-0.15, -0.1) is 0 Å². The van der Waals surface area contributed by atoms with Gasteiger partial charge in [0.15, 0.2) is 0 Å². The summed E-state index contributed by atoms with van der Waals surface area (Å²) < 4.78 is 1.90. The van der Waals surface area contributed by atoms with Crippen LogP contribution in [0, 0.1) is 5.92 Å². The summed E-state index contributed by atoms with van der Waals surface area (Å²) in [6.07, 6.45) is 2.64. The number of anilines is 1. The molecule has 0 saturated heterocycles. The first-order valence-corrected chi connectivity index (χ1v) is 10.5. The lowest BCUT2D eigenvalue weighted by Gasteiger charge is -2.22. The minimum absolute atomic E-state index is 0.104. The first-order valence-electron chi connectivity index (χ1n) is 10.5. The van der Waals surface area contributed by atoms with Gasteiger partial charge in [-0.05, 0) is 36.1 Å². The number of para-hydroxylation sites is 2. The molecule has 0 aliphatic carbocycles. The number of amides is 2. The van der Waals surface area contributed by atoms with Crippen molar-refractivity contribution < 1.29 is 19.9 Å². The summed E-state index contributed by atoms with van der Waals surface area (Å²) in [4.78, 5) is 26.8. The van der Waals surface area contributed by atoms with E-state index in [0.717, 1.165) is 22.2 Å². The van der Waals surface area contributed by atoms with E-state index in [4.69, 9.17) is 5.21 Å². The van der Waals surface area contributed by atoms with Gasteiger partial charge in [0, 0.05) is 35.2 Å². The molecule has 7 heteroatoms. The van der Waals surface area contributed by atoms with Gasteiger partial charge in [-0.3, -0.25) is 14.8 Å². The van der Waals surface area contributed by atoms with Crippen LogP contribution in [0.5, 0.6) is 0 Å². The van der Waals surface area contributed by atoms with Gasteiger partial charge in [0.2, 0.25) is 11.8 Å². The summed E-state index contributed by atoms with van der Waals surface area (Å²) in [6, 6.07) is 17.1. The highest BCUT2D eigenvalue weighted by Crippen LogP contribution is 2.35. The standard InChI is InChI=1S/C24H29N3O4/c1-3-19(17(2)24(30)25-31)21-15-26(22-12-8-7-11-20(21)22)16-23(29)27(13-14-28)18-9-5-4-6-10-18/h4-12,15,17,19,28,31H,3,13-14,16H2,1-2H3,(H,25,30). The number of hydroxylamine groups is 1. The first-order chi connectivity index (χ1) is 15.0. The smallest absolute Gasteiger partial charge is 0.246 e. The molecule has 3 aromatic rings. The van der Waals surface area contributed by atoms with Crippen molar-refractivity contribution in [1.82, 2.24) is 10.0 Å². The minimum Gasteiger partial charge on any atom is -0.395 e. The zero-order chi connectivity index (χ0) is 22.4. The molecule has 3 rings (SSSR count). The van der Waals surface area contributed by atoms with Crippen LogP contribution in [-0.2, 0) is 16.1 Å². The predicted octanol–water partition coefficient (Wildman–Crippen LogP) is 3.30. The monoisotopic (exact) mass is 423 g/mol. The number of aliphatic hydroxyl groups excluding tert-OH is 1. The molecule has 0 radical (unpaired) electrons. The van der Waals surface area contributed by atoms with Crippen LogP contribution in [0.1, 0.15) is 31.7 Å². The molecule has 0 saturated carbocycles. The van der Waals surface area contributed by atoms with E-state index in [1.54, 1.807) is 17.3 Å². The van der Waals surface area contributed by atoms with E-state index in [0.29, 0.717) is 6.42 Å². The molecule has 0 aliphatic heterocycles. The Morgan fingerprint density at radius 1 is 1.10 bits per heavy atom. The number of nitrogens with zero attached hydrogens (tertiary/aromatic N) is 2. The Labute approximate surface area is 181 Å². The quantitative estimate of drug-likeness (QED) is 0.364. The lowest BCUT2D eigenvalue weighted by molar-refractivity contribution is -0.133. The Balaban J connectivity index is 1.97. The molecule has 0 bridgehead atoms. The molecule has 2 unspecified atom stereocenters. The van der Waals surface area contributed by atoms with Crippen molar-refractivity contribution in [2.24, 2.45) is 5.92 Å². The second-order valence-electron chi connectivity index (χ2n) is 7.61. The van der Waals surface area contributed by atoms with Crippen LogP contribution >= 0.6 is 0 Å². The van der Waals surface area contributed by atoms with E-state index < -0.39 is 11.8 Å². The fourth-order valence-electron chi connectivity index (χ4n) is 4.17. The zero-order valence-corrected chi connectivity index (χ0v) is 17.9. The van der Waals surface area contributed by atoms with Crippen LogP contribution in [0.2, 0.25) is 0 Å².